The van der Waals surface area contributed by atoms with E-state index in [0.29, 0.717) is 35.8 Å². The van der Waals surface area contributed by atoms with Gasteiger partial charge in [-0.25, -0.2) is 13.4 Å². The van der Waals surface area contributed by atoms with Crippen LogP contribution in [0.15, 0.2) is 36.4 Å². The van der Waals surface area contributed by atoms with Crippen molar-refractivity contribution in [1.29, 1.82) is 0 Å². The molecule has 1 unspecified atom stereocenters. The highest BCUT2D eigenvalue weighted by atomic mass is 32.2. The fraction of sp³-hybridized carbons (Fsp3) is 0.478. The van der Waals surface area contributed by atoms with Crippen molar-refractivity contribution in [2.24, 2.45) is 5.92 Å². The smallest absolute Gasteiger partial charge is 0.356 e. The third kappa shape index (κ3) is 6.85. The van der Waals surface area contributed by atoms with Gasteiger partial charge in [-0.15, -0.1) is 0 Å². The maximum Gasteiger partial charge on any atom is 0.433 e. The van der Waals surface area contributed by atoms with Crippen LogP contribution in [0, 0.1) is 5.92 Å². The number of benzene rings is 1. The van der Waals surface area contributed by atoms with E-state index in [4.69, 9.17) is 0 Å². The lowest BCUT2D eigenvalue weighted by Gasteiger charge is -2.33. The van der Waals surface area contributed by atoms with E-state index in [9.17, 15) is 26.4 Å². The van der Waals surface area contributed by atoms with Crippen LogP contribution in [0.25, 0.3) is 0 Å². The molecule has 1 aromatic carbocycles. The molecule has 1 amide bonds. The molecule has 1 aliphatic heterocycles. The molecule has 2 heterocycles. The molecule has 1 fully saturated rings. The van der Waals surface area contributed by atoms with E-state index < -0.39 is 27.8 Å². The summed E-state index contributed by atoms with van der Waals surface area (Å²) < 4.78 is 64.8. The summed E-state index contributed by atoms with van der Waals surface area (Å²) in [6, 6.07) is 8.74. The molecule has 1 saturated heterocycles. The summed E-state index contributed by atoms with van der Waals surface area (Å²) in [5.41, 5.74) is 0.630. The number of alkyl halides is 3. The Hall–Kier alpha value is -2.82. The summed E-state index contributed by atoms with van der Waals surface area (Å²) in [4.78, 5) is 18.5. The molecular weight excluding hydrogens is 469 g/mol. The Morgan fingerprint density at radius 3 is 2.32 bits per heavy atom. The molecule has 1 atom stereocenters. The third-order valence-electron chi connectivity index (χ3n) is 5.89. The standard InChI is InChI=1S/C23H29F3N4O3S/c1-15-10-12-30(13-11-15)21-18(6-9-20(28-21)23(24,25)26)14-27-22(31)16(2)17-4-7-19(8-5-17)29-34(3,32)33/h4-9,15-16,29H,10-14H2,1-3H3,(H,27,31). The van der Waals surface area contributed by atoms with Gasteiger partial charge in [0.2, 0.25) is 15.9 Å². The second-order valence-corrected chi connectivity index (χ2v) is 10.5. The minimum atomic E-state index is -4.55. The number of hydrogen-bond acceptors (Lipinski definition) is 5. The summed E-state index contributed by atoms with van der Waals surface area (Å²) in [5.74, 6) is -0.0909. The fourth-order valence-electron chi connectivity index (χ4n) is 3.81. The Morgan fingerprint density at radius 1 is 1.15 bits per heavy atom. The number of rotatable bonds is 7. The molecule has 7 nitrogen and oxygen atoms in total. The van der Waals surface area contributed by atoms with Crippen molar-refractivity contribution in [3.63, 3.8) is 0 Å². The van der Waals surface area contributed by atoms with Crippen molar-refractivity contribution in [2.75, 3.05) is 29.0 Å². The lowest BCUT2D eigenvalue weighted by molar-refractivity contribution is -0.141. The Labute approximate surface area is 197 Å². The van der Waals surface area contributed by atoms with Crippen molar-refractivity contribution in [3.8, 4) is 0 Å². The number of aromatic nitrogens is 1. The highest BCUT2D eigenvalue weighted by Gasteiger charge is 2.34. The molecule has 3 rings (SSSR count). The molecule has 0 aliphatic carbocycles. The lowest BCUT2D eigenvalue weighted by atomic mass is 9.98. The summed E-state index contributed by atoms with van der Waals surface area (Å²) in [5, 5.41) is 2.80. The molecule has 186 valence electrons. The molecule has 0 spiro atoms. The summed E-state index contributed by atoms with van der Waals surface area (Å²) in [7, 11) is -3.40. The minimum Gasteiger partial charge on any atom is -0.356 e. The van der Waals surface area contributed by atoms with Crippen LogP contribution in [0.2, 0.25) is 0 Å². The minimum absolute atomic E-state index is 0.0451. The molecular formula is C23H29F3N4O3S. The number of piperidine rings is 1. The highest BCUT2D eigenvalue weighted by molar-refractivity contribution is 7.92. The largest absolute Gasteiger partial charge is 0.433 e. The molecule has 2 aromatic rings. The van der Waals surface area contributed by atoms with Crippen LogP contribution in [0.5, 0.6) is 0 Å². The van der Waals surface area contributed by atoms with Gasteiger partial charge in [-0.1, -0.05) is 25.1 Å². The van der Waals surface area contributed by atoms with Gasteiger partial charge < -0.3 is 10.2 Å². The number of halogens is 3. The van der Waals surface area contributed by atoms with Crippen LogP contribution in [0.1, 0.15) is 49.4 Å². The number of sulfonamides is 1. The zero-order valence-electron chi connectivity index (χ0n) is 19.3. The first-order valence-electron chi connectivity index (χ1n) is 11.0. The van der Waals surface area contributed by atoms with Crippen LogP contribution in [-0.4, -0.2) is 38.7 Å². The maximum absolute atomic E-state index is 13.3. The first-order valence-corrected chi connectivity index (χ1v) is 12.9. The quantitative estimate of drug-likeness (QED) is 0.599. The van der Waals surface area contributed by atoms with Crippen molar-refractivity contribution in [2.45, 2.75) is 45.3 Å². The van der Waals surface area contributed by atoms with Gasteiger partial charge in [0, 0.05) is 30.9 Å². The lowest BCUT2D eigenvalue weighted by Crippen LogP contribution is -2.35. The van der Waals surface area contributed by atoms with Crippen molar-refractivity contribution in [3.05, 3.63) is 53.2 Å². The van der Waals surface area contributed by atoms with Gasteiger partial charge >= 0.3 is 6.18 Å². The summed E-state index contributed by atoms with van der Waals surface area (Å²) in [6.45, 7) is 5.08. The van der Waals surface area contributed by atoms with E-state index in [0.717, 1.165) is 25.2 Å². The average molecular weight is 499 g/mol. The number of nitrogens with zero attached hydrogens (tertiary/aromatic N) is 2. The Balaban J connectivity index is 1.72. The Morgan fingerprint density at radius 2 is 1.76 bits per heavy atom. The third-order valence-corrected chi connectivity index (χ3v) is 6.50. The van der Waals surface area contributed by atoms with Crippen LogP contribution < -0.4 is 14.9 Å². The van der Waals surface area contributed by atoms with E-state index in [2.05, 4.69) is 21.9 Å². The SMILES string of the molecule is CC1CCN(c2nc(C(F)(F)F)ccc2CNC(=O)C(C)c2ccc(NS(C)(=O)=O)cc2)CC1. The van der Waals surface area contributed by atoms with E-state index in [1.807, 2.05) is 4.90 Å². The van der Waals surface area contributed by atoms with Gasteiger partial charge in [-0.05, 0) is 49.4 Å². The number of carbonyl (C=O) groups excluding carboxylic acids is 1. The van der Waals surface area contributed by atoms with E-state index in [1.165, 1.54) is 6.07 Å². The number of pyridine rings is 1. The molecule has 2 N–H and O–H groups in total. The summed E-state index contributed by atoms with van der Waals surface area (Å²) >= 11 is 0. The van der Waals surface area contributed by atoms with Crippen molar-refractivity contribution >= 4 is 27.4 Å². The van der Waals surface area contributed by atoms with Crippen LogP contribution in [-0.2, 0) is 27.5 Å². The molecule has 1 aromatic heterocycles. The van der Waals surface area contributed by atoms with Crippen molar-refractivity contribution in [1.82, 2.24) is 10.3 Å². The molecule has 0 saturated carbocycles. The maximum atomic E-state index is 13.3. The Bertz CT molecular complexity index is 1110. The summed E-state index contributed by atoms with van der Waals surface area (Å²) in [6.07, 6.45) is -1.77. The van der Waals surface area contributed by atoms with Crippen LogP contribution >= 0.6 is 0 Å². The van der Waals surface area contributed by atoms with Gasteiger partial charge in [-0.2, -0.15) is 13.2 Å². The predicted molar refractivity (Wildman–Crippen MR) is 125 cm³/mol. The molecule has 0 radical (unpaired) electrons. The Kier molecular flexibility index (Phi) is 7.74. The number of hydrogen-bond donors (Lipinski definition) is 2. The normalized spacial score (nSPS) is 16.2. The van der Waals surface area contributed by atoms with Crippen LogP contribution in [0.4, 0.5) is 24.7 Å². The second-order valence-electron chi connectivity index (χ2n) is 8.78. The molecule has 0 bridgehead atoms. The first kappa shape index (κ1) is 25.8. The number of anilines is 2. The topological polar surface area (TPSA) is 91.4 Å². The van der Waals surface area contributed by atoms with Gasteiger partial charge in [0.15, 0.2) is 0 Å². The van der Waals surface area contributed by atoms with Gasteiger partial charge in [0.05, 0.1) is 12.2 Å². The molecule has 11 heteroatoms. The predicted octanol–water partition coefficient (Wildman–Crippen LogP) is 4.13. The molecule has 1 aliphatic rings. The van der Waals surface area contributed by atoms with E-state index in [1.54, 1.807) is 31.2 Å². The van der Waals surface area contributed by atoms with E-state index in [-0.39, 0.29) is 18.3 Å². The van der Waals surface area contributed by atoms with E-state index >= 15 is 0 Å². The number of carbonyl (C=O) groups is 1. The van der Waals surface area contributed by atoms with Gasteiger partial charge in [0.25, 0.3) is 0 Å². The monoisotopic (exact) mass is 498 g/mol. The fourth-order valence-corrected chi connectivity index (χ4v) is 4.37. The van der Waals surface area contributed by atoms with Gasteiger partial charge in [-0.3, -0.25) is 9.52 Å². The van der Waals surface area contributed by atoms with Crippen LogP contribution in [0.3, 0.4) is 0 Å². The first-order chi connectivity index (χ1) is 15.8. The second kappa shape index (κ2) is 10.2. The highest BCUT2D eigenvalue weighted by Crippen LogP contribution is 2.32. The van der Waals surface area contributed by atoms with Gasteiger partial charge in [0.1, 0.15) is 11.5 Å². The molecule has 34 heavy (non-hydrogen) atoms. The zero-order valence-corrected chi connectivity index (χ0v) is 20.1. The average Bonchev–Trinajstić information content (AvgIpc) is 2.76. The zero-order chi connectivity index (χ0) is 25.1. The number of nitrogens with one attached hydrogen (secondary N) is 2. The number of amides is 1. The van der Waals surface area contributed by atoms with Crippen molar-refractivity contribution < 1.29 is 26.4 Å².